The molecule has 1 amide bonds. The smallest absolute Gasteiger partial charge is 0.348 e. The lowest BCUT2D eigenvalue weighted by atomic mass is 10.0. The molecule has 0 radical (unpaired) electrons. The van der Waals surface area contributed by atoms with Crippen LogP contribution in [-0.2, 0) is 18.8 Å². The molecule has 2 aromatic carbocycles. The molecule has 0 spiro atoms. The summed E-state index contributed by atoms with van der Waals surface area (Å²) in [6, 6.07) is 9.27. The van der Waals surface area contributed by atoms with Gasteiger partial charge in [0, 0.05) is 16.9 Å². The summed E-state index contributed by atoms with van der Waals surface area (Å²) in [5.74, 6) is -1.01. The summed E-state index contributed by atoms with van der Waals surface area (Å²) < 4.78 is 77.5. The van der Waals surface area contributed by atoms with Crippen molar-refractivity contribution in [2.45, 2.75) is 24.8 Å². The van der Waals surface area contributed by atoms with Gasteiger partial charge in [-0.2, -0.15) is 26.3 Å². The predicted octanol–water partition coefficient (Wildman–Crippen LogP) is 5.46. The fourth-order valence-corrected chi connectivity index (χ4v) is 2.79. The molecule has 1 N–H and O–H groups in total. The van der Waals surface area contributed by atoms with Crippen molar-refractivity contribution in [1.82, 2.24) is 5.32 Å². The van der Waals surface area contributed by atoms with E-state index in [1.54, 1.807) is 30.3 Å². The molecule has 0 aliphatic rings. The summed E-state index contributed by atoms with van der Waals surface area (Å²) in [6.07, 6.45) is -9.65. The highest BCUT2D eigenvalue weighted by Crippen LogP contribution is 2.36. The van der Waals surface area contributed by atoms with Gasteiger partial charge in [0.25, 0.3) is 5.91 Å². The van der Waals surface area contributed by atoms with Crippen LogP contribution in [0, 0.1) is 0 Å². The fraction of sp³-hybridized carbons (Fsp3) is 0.278. The lowest BCUT2D eigenvalue weighted by molar-refractivity contribution is -0.143. The summed E-state index contributed by atoms with van der Waals surface area (Å²) in [6.45, 7) is 0. The van der Waals surface area contributed by atoms with Crippen LogP contribution in [0.1, 0.15) is 27.0 Å². The fourth-order valence-electron chi connectivity index (χ4n) is 2.40. The zero-order chi connectivity index (χ0) is 20.2. The molecule has 9 heteroatoms. The Kier molecular flexibility index (Phi) is 6.56. The second-order valence-corrected chi connectivity index (χ2v) is 6.46. The first-order valence-electron chi connectivity index (χ1n) is 7.71. The quantitative estimate of drug-likeness (QED) is 0.472. The van der Waals surface area contributed by atoms with Crippen LogP contribution < -0.4 is 5.32 Å². The normalized spacial score (nSPS) is 13.3. The van der Waals surface area contributed by atoms with Crippen LogP contribution in [0.2, 0.25) is 0 Å². The highest BCUT2D eigenvalue weighted by atomic mass is 79.9. The molecular weight excluding hydrogens is 440 g/mol. The molecule has 0 heterocycles. The highest BCUT2D eigenvalue weighted by Gasteiger charge is 2.37. The van der Waals surface area contributed by atoms with Crippen LogP contribution in [-0.4, -0.2) is 17.3 Å². The Hall–Kier alpha value is -2.03. The van der Waals surface area contributed by atoms with E-state index >= 15 is 0 Å². The molecule has 0 saturated heterocycles. The number of hydrogen-bond acceptors (Lipinski definition) is 1. The third kappa shape index (κ3) is 5.98. The number of carbonyl (C=O) groups excluding carboxylic acids is 1. The number of benzene rings is 2. The Morgan fingerprint density at radius 2 is 1.44 bits per heavy atom. The van der Waals surface area contributed by atoms with E-state index in [1.807, 2.05) is 0 Å². The number of carbonyl (C=O) groups is 1. The molecule has 27 heavy (non-hydrogen) atoms. The van der Waals surface area contributed by atoms with Gasteiger partial charge in [-0.3, -0.25) is 4.79 Å². The molecule has 2 aromatic rings. The first-order chi connectivity index (χ1) is 12.5. The summed E-state index contributed by atoms with van der Waals surface area (Å²) in [7, 11) is 0. The van der Waals surface area contributed by atoms with Gasteiger partial charge in [-0.1, -0.05) is 46.3 Å². The Labute approximate surface area is 159 Å². The largest absolute Gasteiger partial charge is 0.416 e. The summed E-state index contributed by atoms with van der Waals surface area (Å²) in [5.41, 5.74) is -2.89. The van der Waals surface area contributed by atoms with Crippen molar-refractivity contribution in [3.8, 4) is 0 Å². The minimum atomic E-state index is -5.00. The third-order valence-electron chi connectivity index (χ3n) is 3.70. The van der Waals surface area contributed by atoms with Gasteiger partial charge < -0.3 is 5.32 Å². The van der Waals surface area contributed by atoms with Gasteiger partial charge in [0.05, 0.1) is 11.1 Å². The van der Waals surface area contributed by atoms with Gasteiger partial charge in [-0.25, -0.2) is 0 Å². The summed E-state index contributed by atoms with van der Waals surface area (Å²) in [5, 5.41) is 2.74. The molecule has 0 bridgehead atoms. The van der Waals surface area contributed by atoms with Crippen LogP contribution in [0.15, 0.2) is 48.5 Å². The maximum absolute atomic E-state index is 12.9. The third-order valence-corrected chi connectivity index (χ3v) is 4.48. The van der Waals surface area contributed by atoms with E-state index in [4.69, 9.17) is 0 Å². The maximum atomic E-state index is 12.9. The van der Waals surface area contributed by atoms with E-state index in [0.717, 1.165) is 5.56 Å². The van der Waals surface area contributed by atoms with Crippen LogP contribution in [0.4, 0.5) is 26.3 Å². The number of amides is 1. The Morgan fingerprint density at radius 1 is 0.926 bits per heavy atom. The second kappa shape index (κ2) is 8.33. The van der Waals surface area contributed by atoms with E-state index < -0.39 is 41.0 Å². The minimum Gasteiger partial charge on any atom is -0.348 e. The van der Waals surface area contributed by atoms with Crippen LogP contribution in [0.3, 0.4) is 0 Å². The lowest BCUT2D eigenvalue weighted by Crippen LogP contribution is -2.38. The molecular formula is C18H14BrF6NO. The van der Waals surface area contributed by atoms with Crippen molar-refractivity contribution in [3.63, 3.8) is 0 Å². The SMILES string of the molecule is O=C(N[C@H](CBr)Cc1ccccc1)c1cc(C(F)(F)F)cc(C(F)(F)F)c1. The second-order valence-electron chi connectivity index (χ2n) is 5.81. The molecule has 0 aliphatic carbocycles. The average Bonchev–Trinajstić information content (AvgIpc) is 2.60. The van der Waals surface area contributed by atoms with Crippen molar-refractivity contribution in [2.75, 3.05) is 5.33 Å². The zero-order valence-electron chi connectivity index (χ0n) is 13.7. The van der Waals surface area contributed by atoms with Gasteiger partial charge in [-0.15, -0.1) is 0 Å². The van der Waals surface area contributed by atoms with E-state index in [-0.39, 0.29) is 11.4 Å². The first kappa shape index (κ1) is 21.3. The Balaban J connectivity index is 2.28. The molecule has 1 atom stereocenters. The van der Waals surface area contributed by atoms with E-state index in [0.29, 0.717) is 18.6 Å². The molecule has 0 saturated carbocycles. The number of alkyl halides is 7. The first-order valence-corrected chi connectivity index (χ1v) is 8.83. The molecule has 0 fully saturated rings. The summed E-state index contributed by atoms with van der Waals surface area (Å²) >= 11 is 3.19. The number of rotatable bonds is 5. The molecule has 0 aliphatic heterocycles. The lowest BCUT2D eigenvalue weighted by Gasteiger charge is -2.18. The van der Waals surface area contributed by atoms with E-state index in [2.05, 4.69) is 21.2 Å². The monoisotopic (exact) mass is 453 g/mol. The van der Waals surface area contributed by atoms with Gasteiger partial charge in [0.2, 0.25) is 0 Å². The van der Waals surface area contributed by atoms with Gasteiger partial charge in [-0.05, 0) is 30.2 Å². The molecule has 2 nitrogen and oxygen atoms in total. The minimum absolute atomic E-state index is 0.0112. The molecule has 0 aromatic heterocycles. The van der Waals surface area contributed by atoms with Gasteiger partial charge in [0.15, 0.2) is 0 Å². The van der Waals surface area contributed by atoms with Crippen molar-refractivity contribution >= 4 is 21.8 Å². The Bertz CT molecular complexity index is 756. The average molecular weight is 454 g/mol. The number of nitrogens with one attached hydrogen (secondary N) is 1. The van der Waals surface area contributed by atoms with Crippen molar-refractivity contribution in [2.24, 2.45) is 0 Å². The van der Waals surface area contributed by atoms with Crippen molar-refractivity contribution in [3.05, 3.63) is 70.8 Å². The molecule has 2 rings (SSSR count). The van der Waals surface area contributed by atoms with Crippen LogP contribution in [0.5, 0.6) is 0 Å². The molecule has 0 unspecified atom stereocenters. The highest BCUT2D eigenvalue weighted by molar-refractivity contribution is 9.09. The maximum Gasteiger partial charge on any atom is 0.416 e. The topological polar surface area (TPSA) is 29.1 Å². The van der Waals surface area contributed by atoms with Crippen molar-refractivity contribution in [1.29, 1.82) is 0 Å². The standard InChI is InChI=1S/C18H14BrF6NO/c19-10-15(6-11-4-2-1-3-5-11)26-16(27)12-7-13(17(20,21)22)9-14(8-12)18(23,24)25/h1-5,7-9,15H,6,10H2,(H,26,27)/t15-/m0/s1. The zero-order valence-corrected chi connectivity index (χ0v) is 15.3. The van der Waals surface area contributed by atoms with Crippen molar-refractivity contribution < 1.29 is 31.1 Å². The number of hydrogen-bond donors (Lipinski definition) is 1. The summed E-state index contributed by atoms with van der Waals surface area (Å²) in [4.78, 5) is 12.3. The van der Waals surface area contributed by atoms with Crippen LogP contribution in [0.25, 0.3) is 0 Å². The number of halogens is 7. The Morgan fingerprint density at radius 3 is 1.89 bits per heavy atom. The van der Waals surface area contributed by atoms with E-state index in [1.165, 1.54) is 0 Å². The van der Waals surface area contributed by atoms with Gasteiger partial charge in [0.1, 0.15) is 0 Å². The molecule has 146 valence electrons. The predicted molar refractivity (Wildman–Crippen MR) is 91.6 cm³/mol. The van der Waals surface area contributed by atoms with E-state index in [9.17, 15) is 31.1 Å². The van der Waals surface area contributed by atoms with Crippen LogP contribution >= 0.6 is 15.9 Å². The van der Waals surface area contributed by atoms with Gasteiger partial charge >= 0.3 is 12.4 Å².